The minimum absolute atomic E-state index is 0. The van der Waals surface area contributed by atoms with Crippen LogP contribution in [0.2, 0.25) is 0 Å². The van der Waals surface area contributed by atoms with E-state index in [1.165, 1.54) is 25.1 Å². The lowest BCUT2D eigenvalue weighted by Gasteiger charge is -2.20. The van der Waals surface area contributed by atoms with Gasteiger partial charge in [-0.05, 0) is 18.6 Å². The van der Waals surface area contributed by atoms with E-state index in [0.29, 0.717) is 0 Å². The molecule has 0 aliphatic carbocycles. The highest BCUT2D eigenvalue weighted by atomic mass is 35.5. The summed E-state index contributed by atoms with van der Waals surface area (Å²) in [6.07, 6.45) is -5.46. The summed E-state index contributed by atoms with van der Waals surface area (Å²) in [6.45, 7) is 1.36. The quantitative estimate of drug-likeness (QED) is 0.853. The predicted molar refractivity (Wildman–Crippen MR) is 57.3 cm³/mol. The second-order valence-electron chi connectivity index (χ2n) is 3.35. The zero-order valence-electron chi connectivity index (χ0n) is 8.53. The maximum atomic E-state index is 12.5. The van der Waals surface area contributed by atoms with Gasteiger partial charge >= 0.3 is 6.18 Å². The van der Waals surface area contributed by atoms with E-state index in [9.17, 15) is 18.3 Å². The van der Waals surface area contributed by atoms with Crippen LogP contribution < -0.4 is 5.73 Å². The topological polar surface area (TPSA) is 46.2 Å². The highest BCUT2D eigenvalue weighted by Crippen LogP contribution is 2.34. The van der Waals surface area contributed by atoms with Gasteiger partial charge in [0.25, 0.3) is 0 Å². The summed E-state index contributed by atoms with van der Waals surface area (Å²) >= 11 is 0. The standard InChI is InChI=1S/C10H12F3NO.ClH/c1-6(15)9(14)7-4-2-3-5-8(7)10(11,12)13;/h2-6,9,15H,14H2,1H3;1H/t6-,9-;/m0./s1. The van der Waals surface area contributed by atoms with Crippen LogP contribution in [0.4, 0.5) is 13.2 Å². The van der Waals surface area contributed by atoms with Crippen LogP contribution in [0.3, 0.4) is 0 Å². The third kappa shape index (κ3) is 3.37. The van der Waals surface area contributed by atoms with Crippen molar-refractivity contribution in [2.45, 2.75) is 25.2 Å². The first kappa shape index (κ1) is 15.2. The Morgan fingerprint density at radius 3 is 2.19 bits per heavy atom. The zero-order chi connectivity index (χ0) is 11.6. The van der Waals surface area contributed by atoms with Crippen LogP contribution in [0.25, 0.3) is 0 Å². The number of aliphatic hydroxyl groups excluding tert-OH is 1. The second kappa shape index (κ2) is 5.52. The molecule has 0 saturated carbocycles. The third-order valence-corrected chi connectivity index (χ3v) is 2.15. The Labute approximate surface area is 97.7 Å². The van der Waals surface area contributed by atoms with Crippen LogP contribution in [0.1, 0.15) is 24.1 Å². The molecule has 0 fully saturated rings. The molecule has 0 heterocycles. The van der Waals surface area contributed by atoms with Gasteiger partial charge in [-0.3, -0.25) is 0 Å². The van der Waals surface area contributed by atoms with Gasteiger partial charge in [-0.2, -0.15) is 13.2 Å². The Morgan fingerprint density at radius 1 is 1.25 bits per heavy atom. The minimum Gasteiger partial charge on any atom is -0.391 e. The van der Waals surface area contributed by atoms with Crippen molar-refractivity contribution in [2.75, 3.05) is 0 Å². The van der Waals surface area contributed by atoms with Crippen molar-refractivity contribution in [3.05, 3.63) is 35.4 Å². The normalized spacial score (nSPS) is 15.1. The number of aliphatic hydroxyl groups is 1. The Kier molecular flexibility index (Phi) is 5.25. The number of hydrogen-bond acceptors (Lipinski definition) is 2. The van der Waals surface area contributed by atoms with Crippen molar-refractivity contribution in [3.63, 3.8) is 0 Å². The Morgan fingerprint density at radius 2 is 1.75 bits per heavy atom. The van der Waals surface area contributed by atoms with Crippen LogP contribution in [0.5, 0.6) is 0 Å². The molecule has 1 aromatic rings. The molecule has 0 radical (unpaired) electrons. The monoisotopic (exact) mass is 255 g/mol. The first-order chi connectivity index (χ1) is 6.84. The van der Waals surface area contributed by atoms with Gasteiger partial charge < -0.3 is 10.8 Å². The summed E-state index contributed by atoms with van der Waals surface area (Å²) in [4.78, 5) is 0. The molecule has 2 nitrogen and oxygen atoms in total. The fraction of sp³-hybridized carbons (Fsp3) is 0.400. The Balaban J connectivity index is 0.00000225. The molecule has 2 atom stereocenters. The van der Waals surface area contributed by atoms with Crippen LogP contribution in [-0.4, -0.2) is 11.2 Å². The van der Waals surface area contributed by atoms with E-state index in [-0.39, 0.29) is 18.0 Å². The molecule has 1 rings (SSSR count). The fourth-order valence-corrected chi connectivity index (χ4v) is 1.31. The van der Waals surface area contributed by atoms with Gasteiger partial charge in [-0.25, -0.2) is 0 Å². The number of hydrogen-bond donors (Lipinski definition) is 2. The summed E-state index contributed by atoms with van der Waals surface area (Å²) < 4.78 is 37.6. The number of benzene rings is 1. The molecular formula is C10H13ClF3NO. The summed E-state index contributed by atoms with van der Waals surface area (Å²) in [5.74, 6) is 0. The number of halogens is 4. The highest BCUT2D eigenvalue weighted by molar-refractivity contribution is 5.85. The van der Waals surface area contributed by atoms with Crippen molar-refractivity contribution in [1.82, 2.24) is 0 Å². The lowest BCUT2D eigenvalue weighted by Crippen LogP contribution is -2.26. The van der Waals surface area contributed by atoms with Crippen LogP contribution >= 0.6 is 12.4 Å². The van der Waals surface area contributed by atoms with Crippen molar-refractivity contribution in [3.8, 4) is 0 Å². The Bertz CT molecular complexity index is 341. The van der Waals surface area contributed by atoms with E-state index in [1.54, 1.807) is 0 Å². The fourth-order valence-electron chi connectivity index (χ4n) is 1.31. The minimum atomic E-state index is -4.44. The van der Waals surface area contributed by atoms with Gasteiger partial charge in [0, 0.05) is 0 Å². The van der Waals surface area contributed by atoms with E-state index in [0.717, 1.165) is 6.07 Å². The van der Waals surface area contributed by atoms with Gasteiger partial charge in [-0.15, -0.1) is 12.4 Å². The average molecular weight is 256 g/mol. The summed E-state index contributed by atoms with van der Waals surface area (Å²) in [5, 5.41) is 9.17. The smallest absolute Gasteiger partial charge is 0.391 e. The molecule has 92 valence electrons. The average Bonchev–Trinajstić information content (AvgIpc) is 2.15. The second-order valence-corrected chi connectivity index (χ2v) is 3.35. The molecule has 0 aromatic heterocycles. The molecule has 0 aliphatic rings. The van der Waals surface area contributed by atoms with E-state index in [1.807, 2.05) is 0 Å². The molecule has 0 saturated heterocycles. The SMILES string of the molecule is C[C@H](O)[C@H](N)c1ccccc1C(F)(F)F.Cl. The van der Waals surface area contributed by atoms with Gasteiger partial charge in [0.15, 0.2) is 0 Å². The van der Waals surface area contributed by atoms with Crippen molar-refractivity contribution >= 4 is 12.4 Å². The summed E-state index contributed by atoms with van der Waals surface area (Å²) in [5.41, 5.74) is 4.61. The molecule has 0 unspecified atom stereocenters. The molecule has 16 heavy (non-hydrogen) atoms. The van der Waals surface area contributed by atoms with Crippen LogP contribution in [0, 0.1) is 0 Å². The van der Waals surface area contributed by atoms with Crippen LogP contribution in [0.15, 0.2) is 24.3 Å². The van der Waals surface area contributed by atoms with Crippen LogP contribution in [-0.2, 0) is 6.18 Å². The molecule has 0 spiro atoms. The molecular weight excluding hydrogens is 243 g/mol. The third-order valence-electron chi connectivity index (χ3n) is 2.15. The Hall–Kier alpha value is -0.780. The van der Waals surface area contributed by atoms with E-state index in [2.05, 4.69) is 0 Å². The molecule has 0 amide bonds. The molecule has 6 heteroatoms. The van der Waals surface area contributed by atoms with E-state index < -0.39 is 23.9 Å². The molecule has 3 N–H and O–H groups in total. The van der Waals surface area contributed by atoms with Crippen molar-refractivity contribution in [1.29, 1.82) is 0 Å². The maximum Gasteiger partial charge on any atom is 0.416 e. The predicted octanol–water partition coefficient (Wildman–Crippen LogP) is 2.51. The largest absolute Gasteiger partial charge is 0.416 e. The van der Waals surface area contributed by atoms with E-state index >= 15 is 0 Å². The van der Waals surface area contributed by atoms with Crippen molar-refractivity contribution in [2.24, 2.45) is 5.73 Å². The van der Waals surface area contributed by atoms with Crippen molar-refractivity contribution < 1.29 is 18.3 Å². The first-order valence-corrected chi connectivity index (χ1v) is 4.44. The van der Waals surface area contributed by atoms with Gasteiger partial charge in [-0.1, -0.05) is 18.2 Å². The highest BCUT2D eigenvalue weighted by Gasteiger charge is 2.34. The summed E-state index contributed by atoms with van der Waals surface area (Å²) in [7, 11) is 0. The van der Waals surface area contributed by atoms with Gasteiger partial charge in [0.1, 0.15) is 0 Å². The lowest BCUT2D eigenvalue weighted by atomic mass is 9.97. The zero-order valence-corrected chi connectivity index (χ0v) is 9.35. The maximum absolute atomic E-state index is 12.5. The first-order valence-electron chi connectivity index (χ1n) is 4.44. The molecule has 0 bridgehead atoms. The van der Waals surface area contributed by atoms with E-state index in [4.69, 9.17) is 5.73 Å². The molecule has 0 aliphatic heterocycles. The summed E-state index contributed by atoms with van der Waals surface area (Å²) in [6, 6.07) is 3.97. The number of nitrogens with two attached hydrogens (primary N) is 1. The lowest BCUT2D eigenvalue weighted by molar-refractivity contribution is -0.138. The van der Waals surface area contributed by atoms with Gasteiger partial charge in [0.05, 0.1) is 17.7 Å². The van der Waals surface area contributed by atoms with Gasteiger partial charge in [0.2, 0.25) is 0 Å². The number of alkyl halides is 3. The molecule has 1 aromatic carbocycles. The number of rotatable bonds is 2.